The van der Waals surface area contributed by atoms with E-state index in [1.165, 1.54) is 85.3 Å². The van der Waals surface area contributed by atoms with Crippen molar-refractivity contribution in [3.8, 4) is 11.1 Å². The summed E-state index contributed by atoms with van der Waals surface area (Å²) in [5.74, 6) is 0.895. The first kappa shape index (κ1) is 26.5. The Kier molecular flexibility index (Phi) is 11.9. The molecular formula is C26H31Cl2Zr. The fraction of sp³-hybridized carbons (Fsp3) is 0.423. The summed E-state index contributed by atoms with van der Waals surface area (Å²) in [5.41, 5.74) is 5.72. The molecule has 4 rings (SSSR count). The Morgan fingerprint density at radius 3 is 2.24 bits per heavy atom. The van der Waals surface area contributed by atoms with Crippen LogP contribution in [0.2, 0.25) is 0 Å². The van der Waals surface area contributed by atoms with Gasteiger partial charge in [-0.05, 0) is 29.9 Å². The first-order valence-corrected chi connectivity index (χ1v) is 10.6. The average molecular weight is 506 g/mol. The van der Waals surface area contributed by atoms with Gasteiger partial charge < -0.3 is 24.8 Å². The number of halogens is 2. The van der Waals surface area contributed by atoms with Gasteiger partial charge in [0.15, 0.2) is 0 Å². The Bertz CT molecular complexity index is 843. The van der Waals surface area contributed by atoms with Crippen molar-refractivity contribution in [3.63, 3.8) is 0 Å². The third-order valence-corrected chi connectivity index (χ3v) is 6.11. The van der Waals surface area contributed by atoms with Crippen LogP contribution in [0, 0.1) is 5.92 Å². The van der Waals surface area contributed by atoms with Gasteiger partial charge in [-0.25, -0.2) is 0 Å². The van der Waals surface area contributed by atoms with Crippen LogP contribution in [0.1, 0.15) is 63.0 Å². The molecule has 0 aromatic heterocycles. The van der Waals surface area contributed by atoms with E-state index in [0.717, 1.165) is 5.92 Å². The van der Waals surface area contributed by atoms with Crippen molar-refractivity contribution in [2.75, 3.05) is 0 Å². The van der Waals surface area contributed by atoms with E-state index in [9.17, 15) is 0 Å². The third-order valence-electron chi connectivity index (χ3n) is 6.11. The number of rotatable bonds is 5. The van der Waals surface area contributed by atoms with Gasteiger partial charge in [0.05, 0.1) is 0 Å². The summed E-state index contributed by atoms with van der Waals surface area (Å²) in [5, 5.41) is 2.84. The molecule has 3 heteroatoms. The summed E-state index contributed by atoms with van der Waals surface area (Å²) < 4.78 is 0. The van der Waals surface area contributed by atoms with Crippen molar-refractivity contribution in [3.05, 3.63) is 65.7 Å². The van der Waals surface area contributed by atoms with Crippen molar-refractivity contribution < 1.29 is 51.0 Å². The van der Waals surface area contributed by atoms with Crippen molar-refractivity contribution in [1.29, 1.82) is 0 Å². The number of hydrogen-bond acceptors (Lipinski definition) is 0. The largest absolute Gasteiger partial charge is 3.00 e. The van der Waals surface area contributed by atoms with Gasteiger partial charge in [-0.2, -0.15) is 6.07 Å². The fourth-order valence-corrected chi connectivity index (χ4v) is 4.71. The Labute approximate surface area is 208 Å². The minimum absolute atomic E-state index is 0. The number of aryl methyl sites for hydroxylation is 1. The first-order valence-electron chi connectivity index (χ1n) is 10.6. The van der Waals surface area contributed by atoms with Crippen LogP contribution >= 0.6 is 0 Å². The molecule has 3 aromatic rings. The maximum Gasteiger partial charge on any atom is 3.00 e. The Morgan fingerprint density at radius 1 is 0.897 bits per heavy atom. The van der Waals surface area contributed by atoms with Crippen LogP contribution in [-0.4, -0.2) is 0 Å². The van der Waals surface area contributed by atoms with E-state index in [-0.39, 0.29) is 51.0 Å². The van der Waals surface area contributed by atoms with Crippen LogP contribution in [0.3, 0.4) is 0 Å². The van der Waals surface area contributed by atoms with Gasteiger partial charge in [-0.15, -0.1) is 34.5 Å². The van der Waals surface area contributed by atoms with Crippen LogP contribution in [0.15, 0.2) is 54.6 Å². The van der Waals surface area contributed by atoms with Crippen LogP contribution < -0.4 is 24.8 Å². The predicted octanol–water partition coefficient (Wildman–Crippen LogP) is 1.70. The summed E-state index contributed by atoms with van der Waals surface area (Å²) >= 11 is 0. The van der Waals surface area contributed by atoms with Crippen molar-refractivity contribution in [1.82, 2.24) is 0 Å². The van der Waals surface area contributed by atoms with Gasteiger partial charge in [0.2, 0.25) is 0 Å². The number of fused-ring (bicyclic) bond motifs is 1. The maximum atomic E-state index is 2.47. The summed E-state index contributed by atoms with van der Waals surface area (Å²) in [6.45, 7) is 2.24. The van der Waals surface area contributed by atoms with E-state index in [1.807, 2.05) is 0 Å². The van der Waals surface area contributed by atoms with Gasteiger partial charge in [0.1, 0.15) is 0 Å². The molecule has 1 aliphatic rings. The summed E-state index contributed by atoms with van der Waals surface area (Å²) in [6, 6.07) is 20.9. The predicted molar refractivity (Wildman–Crippen MR) is 114 cm³/mol. The smallest absolute Gasteiger partial charge is 1.00 e. The van der Waals surface area contributed by atoms with Crippen molar-refractivity contribution in [2.45, 2.75) is 64.7 Å². The molecule has 0 saturated heterocycles. The van der Waals surface area contributed by atoms with E-state index in [4.69, 9.17) is 0 Å². The molecule has 0 N–H and O–H groups in total. The molecule has 0 atom stereocenters. The van der Waals surface area contributed by atoms with Gasteiger partial charge in [0.25, 0.3) is 0 Å². The first-order chi connectivity index (χ1) is 12.8. The summed E-state index contributed by atoms with van der Waals surface area (Å²) in [7, 11) is 0. The number of benzene rings is 2. The molecule has 0 nitrogen and oxygen atoms in total. The average Bonchev–Trinajstić information content (AvgIpc) is 2.90. The van der Waals surface area contributed by atoms with E-state index in [1.54, 1.807) is 5.56 Å². The van der Waals surface area contributed by atoms with Gasteiger partial charge in [-0.1, -0.05) is 87.8 Å². The third kappa shape index (κ3) is 6.75. The van der Waals surface area contributed by atoms with E-state index >= 15 is 0 Å². The zero-order chi connectivity index (χ0) is 17.8. The molecule has 1 saturated carbocycles. The van der Waals surface area contributed by atoms with Crippen molar-refractivity contribution >= 4 is 10.8 Å². The van der Waals surface area contributed by atoms with E-state index in [2.05, 4.69) is 61.5 Å². The van der Waals surface area contributed by atoms with E-state index in [0.29, 0.717) is 0 Å². The molecule has 3 aromatic carbocycles. The van der Waals surface area contributed by atoms with Crippen LogP contribution in [0.25, 0.3) is 21.9 Å². The van der Waals surface area contributed by atoms with Gasteiger partial charge in [-0.3, -0.25) is 0 Å². The molecule has 29 heavy (non-hydrogen) atoms. The molecule has 0 bridgehead atoms. The normalized spacial score (nSPS) is 14.4. The second-order valence-electron chi connectivity index (χ2n) is 8.18. The maximum absolute atomic E-state index is 2.47. The van der Waals surface area contributed by atoms with Crippen molar-refractivity contribution in [2.24, 2.45) is 5.92 Å². The van der Waals surface area contributed by atoms with Crippen LogP contribution in [0.4, 0.5) is 0 Å². The quantitative estimate of drug-likeness (QED) is 0.366. The number of hydrogen-bond donors (Lipinski definition) is 0. The fourth-order valence-electron chi connectivity index (χ4n) is 4.71. The molecule has 0 spiro atoms. The summed E-state index contributed by atoms with van der Waals surface area (Å²) in [6.07, 6.45) is 12.2. The molecule has 1 aliphatic carbocycles. The van der Waals surface area contributed by atoms with Gasteiger partial charge in [0, 0.05) is 0 Å². The summed E-state index contributed by atoms with van der Waals surface area (Å²) in [4.78, 5) is 0. The van der Waals surface area contributed by atoms with E-state index < -0.39 is 0 Å². The molecular weight excluding hydrogens is 474 g/mol. The zero-order valence-electron chi connectivity index (χ0n) is 17.4. The Morgan fingerprint density at radius 2 is 1.59 bits per heavy atom. The monoisotopic (exact) mass is 503 g/mol. The molecule has 0 amide bonds. The Balaban J connectivity index is 0.00000140. The van der Waals surface area contributed by atoms with Crippen LogP contribution in [0.5, 0.6) is 0 Å². The zero-order valence-corrected chi connectivity index (χ0v) is 21.4. The molecule has 0 aliphatic heterocycles. The molecule has 1 radical (unpaired) electrons. The second-order valence-corrected chi connectivity index (χ2v) is 8.18. The van der Waals surface area contributed by atoms with Gasteiger partial charge >= 0.3 is 26.2 Å². The standard InChI is InChI=1S/C26H31.2ClH.Zr/c1-2-8-20-13-15-23(16-14-20)25-12-7-11-24-18-22(19-26(24)25)17-21-9-5-3-4-6-10-21;;;/h7,11-16,18-19,21H,2-6,8-10,17H2,1H3;2*1H;/q-1;;;+3/p-2. The molecule has 1 fully saturated rings. The SMILES string of the molecule is CCCc1ccc(-c2cccc3[cH-]c(CC4CCCCCC4)cc23)cc1.[Cl-].[Cl-].[Zr+3]. The molecule has 153 valence electrons. The van der Waals surface area contributed by atoms with Crippen LogP contribution in [-0.2, 0) is 39.0 Å². The minimum atomic E-state index is 0. The second kappa shape index (κ2) is 13.0. The minimum Gasteiger partial charge on any atom is -1.00 e. The molecule has 0 unspecified atom stereocenters. The molecule has 0 heterocycles. The topological polar surface area (TPSA) is 0 Å². The Hall–Kier alpha value is -0.487.